The van der Waals surface area contributed by atoms with Gasteiger partial charge in [-0.1, -0.05) is 0 Å². The molecule has 1 aliphatic rings. The number of carbonyl (C=O) groups is 1. The summed E-state index contributed by atoms with van der Waals surface area (Å²) >= 11 is 0. The van der Waals surface area contributed by atoms with Crippen LogP contribution in [0.3, 0.4) is 0 Å². The standard InChI is InChI=1S/C12H12N2O5S/c15-11(16)7-1-2-10-9(5-7)13-12(17)14(10)8-3-4-20(18,19)6-8/h1-2,5,8H,3-4,6H2,(H,13,17)(H,15,16). The predicted octanol–water partition coefficient (Wildman–Crippen LogP) is 0.387. The number of imidazole rings is 1. The molecule has 1 fully saturated rings. The number of rotatable bonds is 2. The molecule has 7 nitrogen and oxygen atoms in total. The molecule has 2 aromatic rings. The maximum absolute atomic E-state index is 12.0. The van der Waals surface area contributed by atoms with Gasteiger partial charge in [0.15, 0.2) is 9.84 Å². The van der Waals surface area contributed by atoms with Crippen molar-refractivity contribution in [1.29, 1.82) is 0 Å². The van der Waals surface area contributed by atoms with Gasteiger partial charge in [-0.3, -0.25) is 4.57 Å². The lowest BCUT2D eigenvalue weighted by atomic mass is 10.2. The predicted molar refractivity (Wildman–Crippen MR) is 71.8 cm³/mol. The minimum Gasteiger partial charge on any atom is -0.478 e. The average Bonchev–Trinajstić information content (AvgIpc) is 2.86. The van der Waals surface area contributed by atoms with Crippen LogP contribution in [0.15, 0.2) is 23.0 Å². The fraction of sp³-hybridized carbons (Fsp3) is 0.333. The van der Waals surface area contributed by atoms with Crippen molar-refractivity contribution in [1.82, 2.24) is 9.55 Å². The summed E-state index contributed by atoms with van der Waals surface area (Å²) in [6.45, 7) is 0. The maximum atomic E-state index is 12.0. The molecule has 1 aromatic heterocycles. The summed E-state index contributed by atoms with van der Waals surface area (Å²) in [6, 6.07) is 3.91. The van der Waals surface area contributed by atoms with Crippen LogP contribution in [0.1, 0.15) is 22.8 Å². The number of hydrogen-bond donors (Lipinski definition) is 2. The van der Waals surface area contributed by atoms with Crippen molar-refractivity contribution in [3.63, 3.8) is 0 Å². The Bertz CT molecular complexity index is 862. The molecule has 0 spiro atoms. The van der Waals surface area contributed by atoms with Crippen molar-refractivity contribution in [2.24, 2.45) is 0 Å². The lowest BCUT2D eigenvalue weighted by Gasteiger charge is -2.09. The van der Waals surface area contributed by atoms with Gasteiger partial charge in [-0.05, 0) is 24.6 Å². The minimum absolute atomic E-state index is 0.0550. The number of H-pyrrole nitrogens is 1. The zero-order valence-corrected chi connectivity index (χ0v) is 11.2. The highest BCUT2D eigenvalue weighted by Crippen LogP contribution is 2.25. The Morgan fingerprint density at radius 1 is 1.40 bits per heavy atom. The number of aromatic nitrogens is 2. The summed E-state index contributed by atoms with van der Waals surface area (Å²) in [7, 11) is -3.10. The number of nitrogens with one attached hydrogen (secondary N) is 1. The normalized spacial score (nSPS) is 21.3. The lowest BCUT2D eigenvalue weighted by Crippen LogP contribution is -2.23. The molecule has 1 unspecified atom stereocenters. The zero-order valence-electron chi connectivity index (χ0n) is 10.4. The van der Waals surface area contributed by atoms with Crippen LogP contribution >= 0.6 is 0 Å². The van der Waals surface area contributed by atoms with Crippen LogP contribution in [0.5, 0.6) is 0 Å². The first-order chi connectivity index (χ1) is 9.37. The molecule has 0 saturated carbocycles. The molecule has 0 bridgehead atoms. The smallest absolute Gasteiger partial charge is 0.335 e. The van der Waals surface area contributed by atoms with Gasteiger partial charge in [-0.25, -0.2) is 18.0 Å². The van der Waals surface area contributed by atoms with Gasteiger partial charge in [-0.2, -0.15) is 0 Å². The highest BCUT2D eigenvalue weighted by molar-refractivity contribution is 7.91. The van der Waals surface area contributed by atoms with Crippen LogP contribution in [0.2, 0.25) is 0 Å². The Labute approximate surface area is 113 Å². The Morgan fingerprint density at radius 3 is 2.75 bits per heavy atom. The Balaban J connectivity index is 2.15. The molecule has 106 valence electrons. The molecule has 2 N–H and O–H groups in total. The topological polar surface area (TPSA) is 109 Å². The highest BCUT2D eigenvalue weighted by atomic mass is 32.2. The van der Waals surface area contributed by atoms with Gasteiger partial charge in [0, 0.05) is 0 Å². The fourth-order valence-corrected chi connectivity index (χ4v) is 4.31. The maximum Gasteiger partial charge on any atom is 0.335 e. The molecular formula is C12H12N2O5S. The van der Waals surface area contributed by atoms with Crippen molar-refractivity contribution in [2.75, 3.05) is 11.5 Å². The molecule has 0 amide bonds. The SMILES string of the molecule is O=C(O)c1ccc2c(c1)[nH]c(=O)n2C1CCS(=O)(=O)C1. The number of aromatic amines is 1. The number of carboxylic acid groups (broad SMARTS) is 1. The third kappa shape index (κ3) is 2.01. The largest absolute Gasteiger partial charge is 0.478 e. The molecule has 0 aliphatic carbocycles. The Kier molecular flexibility index (Phi) is 2.72. The number of carboxylic acids is 1. The van der Waals surface area contributed by atoms with Crippen LogP contribution in [0.25, 0.3) is 11.0 Å². The van der Waals surface area contributed by atoms with Gasteiger partial charge in [0.05, 0.1) is 34.1 Å². The number of benzene rings is 1. The van der Waals surface area contributed by atoms with E-state index in [1.165, 1.54) is 22.8 Å². The molecule has 3 rings (SSSR count). The summed E-state index contributed by atoms with van der Waals surface area (Å²) in [5, 5.41) is 8.92. The monoisotopic (exact) mass is 296 g/mol. The van der Waals surface area contributed by atoms with Gasteiger partial charge < -0.3 is 10.1 Å². The Morgan fingerprint density at radius 2 is 2.15 bits per heavy atom. The van der Waals surface area contributed by atoms with Crippen LogP contribution in [-0.4, -0.2) is 40.6 Å². The van der Waals surface area contributed by atoms with E-state index in [9.17, 15) is 18.0 Å². The van der Waals surface area contributed by atoms with E-state index in [2.05, 4.69) is 4.98 Å². The first-order valence-electron chi connectivity index (χ1n) is 6.05. The molecule has 2 heterocycles. The summed E-state index contributed by atoms with van der Waals surface area (Å²) in [4.78, 5) is 25.5. The molecule has 1 aromatic carbocycles. The molecule has 0 radical (unpaired) electrons. The van der Waals surface area contributed by atoms with Crippen LogP contribution in [0.4, 0.5) is 0 Å². The summed E-state index contributed by atoms with van der Waals surface area (Å²) in [5.74, 6) is -1.06. The van der Waals surface area contributed by atoms with E-state index in [1.54, 1.807) is 0 Å². The van der Waals surface area contributed by atoms with E-state index in [0.717, 1.165) is 0 Å². The molecule has 1 atom stereocenters. The minimum atomic E-state index is -3.10. The molecule has 20 heavy (non-hydrogen) atoms. The number of aromatic carboxylic acids is 1. The highest BCUT2D eigenvalue weighted by Gasteiger charge is 2.31. The van der Waals surface area contributed by atoms with Gasteiger partial charge >= 0.3 is 11.7 Å². The second kappa shape index (κ2) is 4.20. The summed E-state index contributed by atoms with van der Waals surface area (Å²) in [5.41, 5.74) is 0.593. The molecule has 1 aliphatic heterocycles. The summed E-state index contributed by atoms with van der Waals surface area (Å²) in [6.07, 6.45) is 0.399. The third-order valence-electron chi connectivity index (χ3n) is 3.54. The second-order valence-electron chi connectivity index (χ2n) is 4.89. The van der Waals surface area contributed by atoms with E-state index in [0.29, 0.717) is 17.5 Å². The van der Waals surface area contributed by atoms with E-state index in [1.807, 2.05) is 0 Å². The van der Waals surface area contributed by atoms with Gasteiger partial charge in [-0.15, -0.1) is 0 Å². The molecular weight excluding hydrogens is 284 g/mol. The van der Waals surface area contributed by atoms with Crippen LogP contribution < -0.4 is 5.69 Å². The van der Waals surface area contributed by atoms with Gasteiger partial charge in [0.2, 0.25) is 0 Å². The van der Waals surface area contributed by atoms with E-state index >= 15 is 0 Å². The first kappa shape index (κ1) is 12.9. The molecule has 1 saturated heterocycles. The quantitative estimate of drug-likeness (QED) is 0.833. The van der Waals surface area contributed by atoms with E-state index < -0.39 is 27.5 Å². The van der Waals surface area contributed by atoms with Crippen molar-refractivity contribution in [3.05, 3.63) is 34.2 Å². The number of hydrogen-bond acceptors (Lipinski definition) is 4. The molecule has 8 heteroatoms. The third-order valence-corrected chi connectivity index (χ3v) is 5.29. The van der Waals surface area contributed by atoms with Gasteiger partial charge in [0.1, 0.15) is 0 Å². The van der Waals surface area contributed by atoms with E-state index in [4.69, 9.17) is 5.11 Å². The van der Waals surface area contributed by atoms with E-state index in [-0.39, 0.29) is 17.1 Å². The van der Waals surface area contributed by atoms with Crippen LogP contribution in [-0.2, 0) is 9.84 Å². The number of sulfone groups is 1. The van der Waals surface area contributed by atoms with Crippen LogP contribution in [0, 0.1) is 0 Å². The first-order valence-corrected chi connectivity index (χ1v) is 7.87. The van der Waals surface area contributed by atoms with Crippen molar-refractivity contribution >= 4 is 26.8 Å². The number of nitrogens with zero attached hydrogens (tertiary/aromatic N) is 1. The Hall–Kier alpha value is -2.09. The lowest BCUT2D eigenvalue weighted by molar-refractivity contribution is 0.0697. The van der Waals surface area contributed by atoms with Gasteiger partial charge in [0.25, 0.3) is 0 Å². The fourth-order valence-electron chi connectivity index (χ4n) is 2.61. The van der Waals surface area contributed by atoms with Crippen molar-refractivity contribution in [3.8, 4) is 0 Å². The second-order valence-corrected chi connectivity index (χ2v) is 7.12. The number of fused-ring (bicyclic) bond motifs is 1. The zero-order chi connectivity index (χ0) is 14.5. The summed E-state index contributed by atoms with van der Waals surface area (Å²) < 4.78 is 24.5. The average molecular weight is 296 g/mol. The van der Waals surface area contributed by atoms with Crippen molar-refractivity contribution in [2.45, 2.75) is 12.5 Å². The van der Waals surface area contributed by atoms with Crippen molar-refractivity contribution < 1.29 is 18.3 Å².